The molecule has 2 rings (SSSR count). The molecular formula is C15H18ClNO. The monoisotopic (exact) mass is 263 g/mol. The number of rotatable bonds is 3. The van der Waals surface area contributed by atoms with Crippen LogP contribution in [0.4, 0.5) is 0 Å². The Balaban J connectivity index is 2.34. The van der Waals surface area contributed by atoms with Crippen LogP contribution in [0.5, 0.6) is 0 Å². The number of aromatic nitrogens is 1. The summed E-state index contributed by atoms with van der Waals surface area (Å²) in [6.45, 7) is 8.71. The van der Waals surface area contributed by atoms with E-state index in [1.807, 2.05) is 30.5 Å². The van der Waals surface area contributed by atoms with Crippen LogP contribution in [0.2, 0.25) is 5.02 Å². The molecule has 1 heterocycles. The van der Waals surface area contributed by atoms with E-state index < -0.39 is 0 Å². The normalized spacial score (nSPS) is 12.1. The van der Waals surface area contributed by atoms with Crippen molar-refractivity contribution in [1.82, 2.24) is 4.98 Å². The summed E-state index contributed by atoms with van der Waals surface area (Å²) in [5, 5.41) is 0.716. The fourth-order valence-electron chi connectivity index (χ4n) is 1.58. The Kier molecular flexibility index (Phi) is 3.49. The van der Waals surface area contributed by atoms with E-state index in [0.717, 1.165) is 11.3 Å². The van der Waals surface area contributed by atoms with Crippen molar-refractivity contribution in [2.24, 2.45) is 5.92 Å². The molecule has 0 N–H and O–H groups in total. The summed E-state index contributed by atoms with van der Waals surface area (Å²) in [6.07, 6.45) is 1.82. The standard InChI is InChI=1S/C15H18ClNO/c1-10(2)15(3,4)13-9-17-14(18-13)11-5-7-12(16)8-6-11/h5-10H,1-4H3. The minimum atomic E-state index is -0.0162. The minimum absolute atomic E-state index is 0.0162. The van der Waals surface area contributed by atoms with Crippen LogP contribution >= 0.6 is 11.6 Å². The molecule has 0 radical (unpaired) electrons. The zero-order valence-electron chi connectivity index (χ0n) is 11.2. The minimum Gasteiger partial charge on any atom is -0.441 e. The predicted octanol–water partition coefficient (Wildman–Crippen LogP) is 4.93. The molecule has 0 unspecified atom stereocenters. The van der Waals surface area contributed by atoms with Crippen LogP contribution < -0.4 is 0 Å². The molecule has 0 spiro atoms. The average molecular weight is 264 g/mol. The molecule has 0 saturated carbocycles. The van der Waals surface area contributed by atoms with E-state index in [0.29, 0.717) is 16.8 Å². The fraction of sp³-hybridized carbons (Fsp3) is 0.400. The lowest BCUT2D eigenvalue weighted by Gasteiger charge is -2.25. The fourth-order valence-corrected chi connectivity index (χ4v) is 1.71. The van der Waals surface area contributed by atoms with Gasteiger partial charge in [0.15, 0.2) is 0 Å². The molecule has 0 aliphatic carbocycles. The van der Waals surface area contributed by atoms with Gasteiger partial charge in [0.05, 0.1) is 6.20 Å². The van der Waals surface area contributed by atoms with Gasteiger partial charge in [-0.05, 0) is 30.2 Å². The molecule has 0 bridgehead atoms. The van der Waals surface area contributed by atoms with E-state index >= 15 is 0 Å². The number of halogens is 1. The topological polar surface area (TPSA) is 26.0 Å². The van der Waals surface area contributed by atoms with Gasteiger partial charge in [-0.1, -0.05) is 39.3 Å². The Bertz CT molecular complexity index is 526. The molecular weight excluding hydrogens is 246 g/mol. The lowest BCUT2D eigenvalue weighted by molar-refractivity contribution is 0.303. The van der Waals surface area contributed by atoms with Crippen molar-refractivity contribution in [3.05, 3.63) is 41.2 Å². The average Bonchev–Trinajstić information content (AvgIpc) is 2.79. The number of nitrogens with zero attached hydrogens (tertiary/aromatic N) is 1. The van der Waals surface area contributed by atoms with Gasteiger partial charge in [-0.15, -0.1) is 0 Å². The van der Waals surface area contributed by atoms with Gasteiger partial charge in [-0.25, -0.2) is 4.98 Å². The molecule has 0 atom stereocenters. The van der Waals surface area contributed by atoms with Gasteiger partial charge in [0.25, 0.3) is 0 Å². The van der Waals surface area contributed by atoms with Gasteiger partial charge in [0, 0.05) is 16.0 Å². The molecule has 2 nitrogen and oxygen atoms in total. The first kappa shape index (κ1) is 13.2. The summed E-state index contributed by atoms with van der Waals surface area (Å²) in [4.78, 5) is 4.36. The third-order valence-electron chi connectivity index (χ3n) is 3.68. The molecule has 96 valence electrons. The molecule has 2 aromatic rings. The van der Waals surface area contributed by atoms with Gasteiger partial charge in [-0.3, -0.25) is 0 Å². The quantitative estimate of drug-likeness (QED) is 0.785. The molecule has 18 heavy (non-hydrogen) atoms. The Hall–Kier alpha value is -1.28. The van der Waals surface area contributed by atoms with E-state index in [2.05, 4.69) is 32.7 Å². The van der Waals surface area contributed by atoms with Crippen LogP contribution in [-0.4, -0.2) is 4.98 Å². The second-order valence-corrected chi connectivity index (χ2v) is 5.85. The second kappa shape index (κ2) is 4.77. The summed E-state index contributed by atoms with van der Waals surface area (Å²) in [5.74, 6) is 2.06. The zero-order valence-corrected chi connectivity index (χ0v) is 12.0. The Morgan fingerprint density at radius 1 is 1.17 bits per heavy atom. The third-order valence-corrected chi connectivity index (χ3v) is 3.93. The highest BCUT2D eigenvalue weighted by Gasteiger charge is 2.29. The summed E-state index contributed by atoms with van der Waals surface area (Å²) >= 11 is 5.87. The van der Waals surface area contributed by atoms with Gasteiger partial charge in [0.2, 0.25) is 5.89 Å². The number of benzene rings is 1. The number of hydrogen-bond donors (Lipinski definition) is 0. The molecule has 0 aliphatic heterocycles. The van der Waals surface area contributed by atoms with Crippen LogP contribution in [0, 0.1) is 5.92 Å². The van der Waals surface area contributed by atoms with Crippen molar-refractivity contribution in [3.63, 3.8) is 0 Å². The van der Waals surface area contributed by atoms with Crippen molar-refractivity contribution < 1.29 is 4.42 Å². The first-order chi connectivity index (χ1) is 8.41. The second-order valence-electron chi connectivity index (χ2n) is 5.41. The predicted molar refractivity (Wildman–Crippen MR) is 74.8 cm³/mol. The van der Waals surface area contributed by atoms with E-state index in [1.54, 1.807) is 0 Å². The highest BCUT2D eigenvalue weighted by atomic mass is 35.5. The van der Waals surface area contributed by atoms with Crippen LogP contribution in [-0.2, 0) is 5.41 Å². The van der Waals surface area contributed by atoms with Crippen LogP contribution in [0.3, 0.4) is 0 Å². The van der Waals surface area contributed by atoms with Crippen molar-refractivity contribution in [2.45, 2.75) is 33.1 Å². The first-order valence-corrected chi connectivity index (χ1v) is 6.51. The van der Waals surface area contributed by atoms with Crippen molar-refractivity contribution in [2.75, 3.05) is 0 Å². The zero-order chi connectivity index (χ0) is 13.3. The first-order valence-electron chi connectivity index (χ1n) is 6.13. The van der Waals surface area contributed by atoms with Crippen LogP contribution in [0.25, 0.3) is 11.5 Å². The lowest BCUT2D eigenvalue weighted by Crippen LogP contribution is -2.23. The van der Waals surface area contributed by atoms with Gasteiger partial charge in [0.1, 0.15) is 5.76 Å². The smallest absolute Gasteiger partial charge is 0.226 e. The third kappa shape index (κ3) is 2.44. The summed E-state index contributed by atoms with van der Waals surface area (Å²) < 4.78 is 5.88. The van der Waals surface area contributed by atoms with E-state index in [9.17, 15) is 0 Å². The Morgan fingerprint density at radius 2 is 1.78 bits per heavy atom. The summed E-state index contributed by atoms with van der Waals surface area (Å²) in [7, 11) is 0. The maximum Gasteiger partial charge on any atom is 0.226 e. The SMILES string of the molecule is CC(C)C(C)(C)c1cnc(-c2ccc(Cl)cc2)o1. The molecule has 1 aromatic heterocycles. The largest absolute Gasteiger partial charge is 0.441 e. The van der Waals surface area contributed by atoms with Gasteiger partial charge >= 0.3 is 0 Å². The molecule has 0 aliphatic rings. The molecule has 0 amide bonds. The summed E-state index contributed by atoms with van der Waals surface area (Å²) in [5.41, 5.74) is 0.933. The molecule has 0 saturated heterocycles. The molecule has 0 fully saturated rings. The maximum atomic E-state index is 5.88. The summed E-state index contributed by atoms with van der Waals surface area (Å²) in [6, 6.07) is 7.52. The Morgan fingerprint density at radius 3 is 2.33 bits per heavy atom. The van der Waals surface area contributed by atoms with Crippen molar-refractivity contribution >= 4 is 11.6 Å². The van der Waals surface area contributed by atoms with Crippen LogP contribution in [0.1, 0.15) is 33.5 Å². The maximum absolute atomic E-state index is 5.88. The van der Waals surface area contributed by atoms with Gasteiger partial charge < -0.3 is 4.42 Å². The molecule has 1 aromatic carbocycles. The van der Waals surface area contributed by atoms with E-state index in [4.69, 9.17) is 16.0 Å². The highest BCUT2D eigenvalue weighted by Crippen LogP contribution is 2.33. The van der Waals surface area contributed by atoms with E-state index in [-0.39, 0.29) is 5.41 Å². The number of hydrogen-bond acceptors (Lipinski definition) is 2. The van der Waals surface area contributed by atoms with Crippen molar-refractivity contribution in [1.29, 1.82) is 0 Å². The Labute approximate surface area is 113 Å². The van der Waals surface area contributed by atoms with Gasteiger partial charge in [-0.2, -0.15) is 0 Å². The molecule has 3 heteroatoms. The lowest BCUT2D eigenvalue weighted by atomic mass is 9.79. The van der Waals surface area contributed by atoms with Crippen LogP contribution in [0.15, 0.2) is 34.9 Å². The van der Waals surface area contributed by atoms with E-state index in [1.165, 1.54) is 0 Å². The van der Waals surface area contributed by atoms with Crippen molar-refractivity contribution in [3.8, 4) is 11.5 Å². The number of oxazole rings is 1. The highest BCUT2D eigenvalue weighted by molar-refractivity contribution is 6.30.